The molecule has 1 fully saturated rings. The van der Waals surface area contributed by atoms with Gasteiger partial charge in [0, 0.05) is 24.1 Å². The molecule has 1 aliphatic rings. The summed E-state index contributed by atoms with van der Waals surface area (Å²) in [6, 6.07) is 6.73. The van der Waals surface area contributed by atoms with E-state index in [0.29, 0.717) is 0 Å². The fourth-order valence-corrected chi connectivity index (χ4v) is 3.17. The van der Waals surface area contributed by atoms with Crippen LogP contribution < -0.4 is 5.32 Å². The third-order valence-electron chi connectivity index (χ3n) is 4.08. The second-order valence-electron chi connectivity index (χ2n) is 5.58. The maximum absolute atomic E-state index is 3.72. The molecule has 0 saturated heterocycles. The lowest BCUT2D eigenvalue weighted by atomic mass is 9.85. The molecule has 106 valence electrons. The Kier molecular flexibility index (Phi) is 5.86. The monoisotopic (exact) mass is 324 g/mol. The molecule has 1 aromatic rings. The van der Waals surface area contributed by atoms with Crippen LogP contribution in [-0.2, 0) is 13.1 Å². The highest BCUT2D eigenvalue weighted by atomic mass is 79.9. The molecule has 1 saturated carbocycles. The molecule has 3 heteroatoms. The van der Waals surface area contributed by atoms with Gasteiger partial charge in [-0.1, -0.05) is 41.4 Å². The number of nitrogens with one attached hydrogen (secondary N) is 1. The predicted octanol–water partition coefficient (Wildman–Crippen LogP) is 3.79. The van der Waals surface area contributed by atoms with Crippen LogP contribution in [0.25, 0.3) is 0 Å². The Morgan fingerprint density at radius 2 is 2.16 bits per heavy atom. The van der Waals surface area contributed by atoms with E-state index in [1.54, 1.807) is 0 Å². The summed E-state index contributed by atoms with van der Waals surface area (Å²) in [5.74, 6) is 0.947. The zero-order valence-corrected chi connectivity index (χ0v) is 13.7. The molecule has 2 rings (SSSR count). The highest BCUT2D eigenvalue weighted by Gasteiger charge is 2.20. The first-order chi connectivity index (χ1) is 9.22. The Hall–Kier alpha value is -0.380. The average molecular weight is 325 g/mol. The van der Waals surface area contributed by atoms with E-state index in [-0.39, 0.29) is 0 Å². The van der Waals surface area contributed by atoms with Gasteiger partial charge in [-0.3, -0.25) is 4.90 Å². The number of nitrogens with zero attached hydrogens (tertiary/aromatic N) is 1. The van der Waals surface area contributed by atoms with Crippen LogP contribution in [0.4, 0.5) is 0 Å². The molecule has 1 aliphatic carbocycles. The predicted molar refractivity (Wildman–Crippen MR) is 85.2 cm³/mol. The zero-order valence-electron chi connectivity index (χ0n) is 12.1. The third kappa shape index (κ3) is 4.30. The van der Waals surface area contributed by atoms with Crippen molar-refractivity contribution in [3.05, 3.63) is 33.8 Å². The number of benzene rings is 1. The number of halogens is 1. The Bertz CT molecular complexity index is 402. The third-order valence-corrected chi connectivity index (χ3v) is 4.82. The fourth-order valence-electron chi connectivity index (χ4n) is 2.62. The molecule has 2 nitrogen and oxygen atoms in total. The van der Waals surface area contributed by atoms with Crippen molar-refractivity contribution in [2.45, 2.75) is 39.3 Å². The summed E-state index contributed by atoms with van der Waals surface area (Å²) in [6.45, 7) is 6.66. The highest BCUT2D eigenvalue weighted by Crippen LogP contribution is 2.28. The number of rotatable bonds is 7. The van der Waals surface area contributed by atoms with Gasteiger partial charge in [0.15, 0.2) is 0 Å². The Balaban J connectivity index is 1.95. The van der Waals surface area contributed by atoms with E-state index in [0.717, 1.165) is 25.6 Å². The average Bonchev–Trinajstić information content (AvgIpc) is 2.35. The molecule has 0 aliphatic heterocycles. The highest BCUT2D eigenvalue weighted by molar-refractivity contribution is 9.10. The van der Waals surface area contributed by atoms with Gasteiger partial charge >= 0.3 is 0 Å². The molecule has 0 amide bonds. The maximum atomic E-state index is 3.72. The van der Waals surface area contributed by atoms with Gasteiger partial charge < -0.3 is 5.32 Å². The molecule has 19 heavy (non-hydrogen) atoms. The van der Waals surface area contributed by atoms with E-state index < -0.39 is 0 Å². The van der Waals surface area contributed by atoms with Gasteiger partial charge in [-0.2, -0.15) is 0 Å². The van der Waals surface area contributed by atoms with Gasteiger partial charge in [0.05, 0.1) is 0 Å². The largest absolute Gasteiger partial charge is 0.316 e. The van der Waals surface area contributed by atoms with Crippen LogP contribution in [0.2, 0.25) is 0 Å². The summed E-state index contributed by atoms with van der Waals surface area (Å²) in [7, 11) is 1.99. The van der Waals surface area contributed by atoms with Gasteiger partial charge in [0.1, 0.15) is 0 Å². The fraction of sp³-hybridized carbons (Fsp3) is 0.625. The van der Waals surface area contributed by atoms with Crippen molar-refractivity contribution in [1.82, 2.24) is 10.2 Å². The maximum Gasteiger partial charge on any atom is 0.0244 e. The lowest BCUT2D eigenvalue weighted by molar-refractivity contribution is 0.178. The van der Waals surface area contributed by atoms with E-state index in [2.05, 4.69) is 51.3 Å². The van der Waals surface area contributed by atoms with Crippen LogP contribution in [0.3, 0.4) is 0 Å². The quantitative estimate of drug-likeness (QED) is 0.820. The van der Waals surface area contributed by atoms with Crippen molar-refractivity contribution in [1.29, 1.82) is 0 Å². The van der Waals surface area contributed by atoms with Gasteiger partial charge in [0.25, 0.3) is 0 Å². The molecule has 0 unspecified atom stereocenters. The minimum absolute atomic E-state index is 0.929. The van der Waals surface area contributed by atoms with Crippen LogP contribution in [0.1, 0.15) is 37.3 Å². The molecule has 0 atom stereocenters. The molecule has 0 radical (unpaired) electrons. The van der Waals surface area contributed by atoms with Crippen LogP contribution >= 0.6 is 15.9 Å². The first kappa shape index (κ1) is 15.0. The molecule has 1 N–H and O–H groups in total. The van der Waals surface area contributed by atoms with Crippen molar-refractivity contribution in [2.24, 2.45) is 5.92 Å². The zero-order chi connectivity index (χ0) is 13.7. The summed E-state index contributed by atoms with van der Waals surface area (Å²) >= 11 is 3.72. The molecule has 0 heterocycles. The van der Waals surface area contributed by atoms with Gasteiger partial charge in [0.2, 0.25) is 0 Å². The first-order valence-electron chi connectivity index (χ1n) is 7.37. The SMILES string of the molecule is CCN(Cc1ccc(CNC)cc1Br)CC1CCC1. The molecule has 1 aromatic carbocycles. The Morgan fingerprint density at radius 3 is 2.68 bits per heavy atom. The van der Waals surface area contributed by atoms with Gasteiger partial charge in [-0.25, -0.2) is 0 Å². The van der Waals surface area contributed by atoms with E-state index in [4.69, 9.17) is 0 Å². The summed E-state index contributed by atoms with van der Waals surface area (Å²) in [5, 5.41) is 3.19. The lowest BCUT2D eigenvalue weighted by Crippen LogP contribution is -2.32. The van der Waals surface area contributed by atoms with E-state index in [1.165, 1.54) is 41.4 Å². The van der Waals surface area contributed by atoms with Crippen LogP contribution in [-0.4, -0.2) is 25.0 Å². The summed E-state index contributed by atoms with van der Waals surface area (Å²) < 4.78 is 1.24. The number of hydrogen-bond donors (Lipinski definition) is 1. The van der Waals surface area contributed by atoms with E-state index in [9.17, 15) is 0 Å². The number of hydrogen-bond acceptors (Lipinski definition) is 2. The molecule has 0 spiro atoms. The summed E-state index contributed by atoms with van der Waals surface area (Å²) in [5.41, 5.74) is 2.74. The molecule has 0 bridgehead atoms. The molecular weight excluding hydrogens is 300 g/mol. The van der Waals surface area contributed by atoms with Crippen molar-refractivity contribution < 1.29 is 0 Å². The van der Waals surface area contributed by atoms with Crippen LogP contribution in [0, 0.1) is 5.92 Å². The minimum atomic E-state index is 0.929. The second-order valence-corrected chi connectivity index (χ2v) is 6.44. The smallest absolute Gasteiger partial charge is 0.0244 e. The molecule has 0 aromatic heterocycles. The van der Waals surface area contributed by atoms with Crippen molar-refractivity contribution in [3.63, 3.8) is 0 Å². The van der Waals surface area contributed by atoms with Crippen molar-refractivity contribution in [3.8, 4) is 0 Å². The standard InChI is InChI=1S/C16H25BrN2/c1-3-19(11-13-5-4-6-13)12-15-8-7-14(10-18-2)9-16(15)17/h7-9,13,18H,3-6,10-12H2,1-2H3. The normalized spacial score (nSPS) is 15.8. The van der Waals surface area contributed by atoms with E-state index >= 15 is 0 Å². The van der Waals surface area contributed by atoms with Crippen LogP contribution in [0.5, 0.6) is 0 Å². The van der Waals surface area contributed by atoms with Crippen LogP contribution in [0.15, 0.2) is 22.7 Å². The lowest BCUT2D eigenvalue weighted by Gasteiger charge is -2.32. The van der Waals surface area contributed by atoms with Crippen molar-refractivity contribution >= 4 is 15.9 Å². The molecular formula is C16H25BrN2. The van der Waals surface area contributed by atoms with Gasteiger partial charge in [-0.05, 0) is 49.5 Å². The topological polar surface area (TPSA) is 15.3 Å². The second kappa shape index (κ2) is 7.41. The Morgan fingerprint density at radius 1 is 1.37 bits per heavy atom. The first-order valence-corrected chi connectivity index (χ1v) is 8.16. The van der Waals surface area contributed by atoms with Crippen molar-refractivity contribution in [2.75, 3.05) is 20.1 Å². The summed E-state index contributed by atoms with van der Waals surface area (Å²) in [4.78, 5) is 2.57. The minimum Gasteiger partial charge on any atom is -0.316 e. The van der Waals surface area contributed by atoms with E-state index in [1.807, 2.05) is 7.05 Å². The Labute approximate surface area is 125 Å². The van der Waals surface area contributed by atoms with Gasteiger partial charge in [-0.15, -0.1) is 0 Å². The summed E-state index contributed by atoms with van der Waals surface area (Å²) in [6.07, 6.45) is 4.29.